The molecular weight excluding hydrogens is 407 g/mol. The topological polar surface area (TPSA) is 75.4 Å². The molecule has 0 atom stereocenters. The summed E-state index contributed by atoms with van der Waals surface area (Å²) in [6, 6.07) is 17.2. The van der Waals surface area contributed by atoms with Crippen LogP contribution >= 0.6 is 35.0 Å². The molecule has 0 saturated heterocycles. The standard InChI is InChI=1S/C19H14Cl2N2O3S/c20-13-9-16(21)19(24)17(10-13)22-11-12-3-1-2-4-18(12)27-15-7-5-14(6-8-15)23(25)26/h1-10,22,24H,11H2. The third kappa shape index (κ3) is 4.86. The molecule has 2 N–H and O–H groups in total. The van der Waals surface area contributed by atoms with Gasteiger partial charge in [0, 0.05) is 33.5 Å². The van der Waals surface area contributed by atoms with Crippen molar-refractivity contribution in [1.82, 2.24) is 0 Å². The molecular formula is C19H14Cl2N2O3S. The number of halogens is 2. The normalized spacial score (nSPS) is 10.6. The van der Waals surface area contributed by atoms with Crippen LogP contribution in [0, 0.1) is 10.1 Å². The van der Waals surface area contributed by atoms with Crippen LogP contribution in [0.1, 0.15) is 5.56 Å². The molecule has 0 radical (unpaired) electrons. The van der Waals surface area contributed by atoms with Crippen LogP contribution < -0.4 is 5.32 Å². The zero-order chi connectivity index (χ0) is 19.4. The maximum atomic E-state index is 10.8. The average Bonchev–Trinajstić information content (AvgIpc) is 2.65. The van der Waals surface area contributed by atoms with Crippen molar-refractivity contribution in [3.63, 3.8) is 0 Å². The van der Waals surface area contributed by atoms with E-state index in [4.69, 9.17) is 23.2 Å². The number of benzene rings is 3. The van der Waals surface area contributed by atoms with E-state index in [0.29, 0.717) is 17.3 Å². The van der Waals surface area contributed by atoms with E-state index in [0.717, 1.165) is 15.4 Å². The number of phenols is 1. The molecule has 0 aliphatic carbocycles. The van der Waals surface area contributed by atoms with Crippen LogP contribution in [0.15, 0.2) is 70.5 Å². The number of nitro benzene ring substituents is 1. The lowest BCUT2D eigenvalue weighted by Gasteiger charge is -2.13. The minimum absolute atomic E-state index is 0.0541. The number of nitro groups is 1. The van der Waals surface area contributed by atoms with Gasteiger partial charge in [-0.05, 0) is 35.9 Å². The van der Waals surface area contributed by atoms with E-state index in [2.05, 4.69) is 5.32 Å². The molecule has 138 valence electrons. The van der Waals surface area contributed by atoms with Crippen molar-refractivity contribution in [2.75, 3.05) is 5.32 Å². The Hall–Kier alpha value is -2.41. The first kappa shape index (κ1) is 19.4. The Morgan fingerprint density at radius 3 is 2.48 bits per heavy atom. The van der Waals surface area contributed by atoms with Gasteiger partial charge in [-0.25, -0.2) is 0 Å². The fraction of sp³-hybridized carbons (Fsp3) is 0.0526. The van der Waals surface area contributed by atoms with Crippen LogP contribution in [0.25, 0.3) is 0 Å². The van der Waals surface area contributed by atoms with Crippen LogP contribution in [-0.4, -0.2) is 10.0 Å². The minimum atomic E-state index is -0.422. The second kappa shape index (κ2) is 8.52. The Labute approximate surface area is 170 Å². The summed E-state index contributed by atoms with van der Waals surface area (Å²) < 4.78 is 0. The second-order valence-electron chi connectivity index (χ2n) is 5.60. The van der Waals surface area contributed by atoms with E-state index < -0.39 is 4.92 Å². The Kier molecular flexibility index (Phi) is 6.11. The molecule has 0 fully saturated rings. The van der Waals surface area contributed by atoms with E-state index in [-0.39, 0.29) is 16.5 Å². The molecule has 0 heterocycles. The highest BCUT2D eigenvalue weighted by atomic mass is 35.5. The van der Waals surface area contributed by atoms with E-state index in [9.17, 15) is 15.2 Å². The highest BCUT2D eigenvalue weighted by molar-refractivity contribution is 7.99. The molecule has 3 rings (SSSR count). The van der Waals surface area contributed by atoms with Gasteiger partial charge in [0.1, 0.15) is 0 Å². The summed E-state index contributed by atoms with van der Waals surface area (Å²) in [4.78, 5) is 12.2. The van der Waals surface area contributed by atoms with E-state index in [1.165, 1.54) is 30.0 Å². The summed E-state index contributed by atoms with van der Waals surface area (Å²) in [5.41, 5.74) is 1.50. The number of nitrogens with one attached hydrogen (secondary N) is 1. The number of hydrogen-bond acceptors (Lipinski definition) is 5. The lowest BCUT2D eigenvalue weighted by atomic mass is 10.2. The number of phenolic OH excluding ortho intramolecular Hbond substituents is 1. The van der Waals surface area contributed by atoms with Gasteiger partial charge < -0.3 is 10.4 Å². The smallest absolute Gasteiger partial charge is 0.269 e. The second-order valence-corrected chi connectivity index (χ2v) is 7.56. The van der Waals surface area contributed by atoms with Gasteiger partial charge in [0.15, 0.2) is 5.75 Å². The molecule has 5 nitrogen and oxygen atoms in total. The summed E-state index contributed by atoms with van der Waals surface area (Å²) in [5.74, 6) is -0.0541. The zero-order valence-electron chi connectivity index (χ0n) is 13.9. The quantitative estimate of drug-likeness (QED) is 0.275. The summed E-state index contributed by atoms with van der Waals surface area (Å²) >= 11 is 13.4. The number of hydrogen-bond donors (Lipinski definition) is 2. The molecule has 0 unspecified atom stereocenters. The molecule has 0 spiro atoms. The lowest BCUT2D eigenvalue weighted by molar-refractivity contribution is -0.384. The molecule has 0 aromatic heterocycles. The number of nitrogens with zero attached hydrogens (tertiary/aromatic N) is 1. The minimum Gasteiger partial charge on any atom is -0.504 e. The van der Waals surface area contributed by atoms with E-state index in [1.807, 2.05) is 24.3 Å². The molecule has 0 bridgehead atoms. The number of non-ortho nitro benzene ring substituents is 1. The SMILES string of the molecule is O=[N+]([O-])c1ccc(Sc2ccccc2CNc2cc(Cl)cc(Cl)c2O)cc1. The van der Waals surface area contributed by atoms with Crippen molar-refractivity contribution in [3.05, 3.63) is 86.4 Å². The van der Waals surface area contributed by atoms with Crippen molar-refractivity contribution in [1.29, 1.82) is 0 Å². The molecule has 0 saturated carbocycles. The molecule has 8 heteroatoms. The first-order valence-corrected chi connectivity index (χ1v) is 9.43. The fourth-order valence-corrected chi connectivity index (χ4v) is 3.84. The molecule has 0 amide bonds. The van der Waals surface area contributed by atoms with Crippen molar-refractivity contribution in [2.24, 2.45) is 0 Å². The molecule has 27 heavy (non-hydrogen) atoms. The van der Waals surface area contributed by atoms with Crippen LogP contribution in [0.4, 0.5) is 11.4 Å². The van der Waals surface area contributed by atoms with Gasteiger partial charge in [-0.2, -0.15) is 0 Å². The summed E-state index contributed by atoms with van der Waals surface area (Å²) in [6.45, 7) is 0.445. The van der Waals surface area contributed by atoms with Gasteiger partial charge in [0.25, 0.3) is 5.69 Å². The Morgan fingerprint density at radius 1 is 1.07 bits per heavy atom. The van der Waals surface area contributed by atoms with Gasteiger partial charge in [0.2, 0.25) is 0 Å². The molecule has 0 aliphatic rings. The number of aromatic hydroxyl groups is 1. The maximum absolute atomic E-state index is 10.8. The van der Waals surface area contributed by atoms with Crippen molar-refractivity contribution >= 4 is 46.3 Å². The van der Waals surface area contributed by atoms with Crippen LogP contribution in [0.5, 0.6) is 5.75 Å². The summed E-state index contributed by atoms with van der Waals surface area (Å²) in [5, 5.41) is 24.6. The average molecular weight is 421 g/mol. The number of rotatable bonds is 6. The van der Waals surface area contributed by atoms with Gasteiger partial charge in [-0.15, -0.1) is 0 Å². The fourth-order valence-electron chi connectivity index (χ4n) is 2.40. The first-order valence-electron chi connectivity index (χ1n) is 7.86. The van der Waals surface area contributed by atoms with E-state index in [1.54, 1.807) is 18.2 Å². The van der Waals surface area contributed by atoms with Crippen molar-refractivity contribution in [3.8, 4) is 5.75 Å². The summed E-state index contributed by atoms with van der Waals surface area (Å²) in [6.07, 6.45) is 0. The highest BCUT2D eigenvalue weighted by Crippen LogP contribution is 2.36. The predicted molar refractivity (Wildman–Crippen MR) is 109 cm³/mol. The Bertz CT molecular complexity index is 981. The third-order valence-corrected chi connectivity index (χ3v) is 5.38. The Morgan fingerprint density at radius 2 is 1.78 bits per heavy atom. The van der Waals surface area contributed by atoms with Crippen molar-refractivity contribution in [2.45, 2.75) is 16.3 Å². The van der Waals surface area contributed by atoms with Gasteiger partial charge in [-0.3, -0.25) is 10.1 Å². The van der Waals surface area contributed by atoms with Crippen LogP contribution in [0.2, 0.25) is 10.0 Å². The predicted octanol–water partition coefficient (Wildman–Crippen LogP) is 6.37. The van der Waals surface area contributed by atoms with Gasteiger partial charge >= 0.3 is 0 Å². The highest BCUT2D eigenvalue weighted by Gasteiger charge is 2.10. The maximum Gasteiger partial charge on any atom is 0.269 e. The van der Waals surface area contributed by atoms with E-state index >= 15 is 0 Å². The van der Waals surface area contributed by atoms with Crippen LogP contribution in [0.3, 0.4) is 0 Å². The molecule has 3 aromatic carbocycles. The number of anilines is 1. The third-order valence-electron chi connectivity index (χ3n) is 3.75. The largest absolute Gasteiger partial charge is 0.504 e. The lowest BCUT2D eigenvalue weighted by Crippen LogP contribution is -2.01. The van der Waals surface area contributed by atoms with Gasteiger partial charge in [0.05, 0.1) is 15.6 Å². The summed E-state index contributed by atoms with van der Waals surface area (Å²) in [7, 11) is 0. The molecule has 3 aromatic rings. The first-order chi connectivity index (χ1) is 12.9. The Balaban J connectivity index is 1.77. The van der Waals surface area contributed by atoms with Gasteiger partial charge in [-0.1, -0.05) is 53.2 Å². The van der Waals surface area contributed by atoms with Crippen molar-refractivity contribution < 1.29 is 10.0 Å². The monoisotopic (exact) mass is 420 g/mol. The zero-order valence-corrected chi connectivity index (χ0v) is 16.2. The molecule has 0 aliphatic heterocycles. The van der Waals surface area contributed by atoms with Crippen LogP contribution in [-0.2, 0) is 6.54 Å².